The average molecular weight is 326 g/mol. The smallest absolute Gasteiger partial charge is 0.335 e. The number of nitrogens with one attached hydrogen (secondary N) is 1. The first-order chi connectivity index (χ1) is 11.5. The second-order valence-corrected chi connectivity index (χ2v) is 6.07. The summed E-state index contributed by atoms with van der Waals surface area (Å²) in [6, 6.07) is 12.9. The molecule has 0 atom stereocenters. The lowest BCUT2D eigenvalue weighted by Crippen LogP contribution is -2.44. The van der Waals surface area contributed by atoms with Crippen LogP contribution in [0, 0.1) is 0 Å². The SMILES string of the molecule is CN1CCN(c2cccc(Nc3ccc(C(=O)O)cc3N)c2)CC1. The molecule has 1 fully saturated rings. The Morgan fingerprint density at radius 3 is 2.54 bits per heavy atom. The van der Waals surface area contributed by atoms with Crippen molar-refractivity contribution in [2.45, 2.75) is 0 Å². The van der Waals surface area contributed by atoms with Crippen LogP contribution in [0.25, 0.3) is 0 Å². The fourth-order valence-electron chi connectivity index (χ4n) is 2.81. The van der Waals surface area contributed by atoms with Gasteiger partial charge in [-0.3, -0.25) is 0 Å². The molecule has 6 heteroatoms. The third kappa shape index (κ3) is 3.60. The van der Waals surface area contributed by atoms with Crippen LogP contribution in [0.3, 0.4) is 0 Å². The number of nitrogens with zero attached hydrogens (tertiary/aromatic N) is 2. The number of rotatable bonds is 4. The predicted octanol–water partition coefficient (Wildman–Crippen LogP) is 2.46. The van der Waals surface area contributed by atoms with Crippen LogP contribution in [-0.2, 0) is 0 Å². The average Bonchev–Trinajstić information content (AvgIpc) is 2.57. The molecule has 0 unspecified atom stereocenters. The van der Waals surface area contributed by atoms with Crippen molar-refractivity contribution < 1.29 is 9.90 Å². The van der Waals surface area contributed by atoms with Crippen molar-refractivity contribution in [1.29, 1.82) is 0 Å². The van der Waals surface area contributed by atoms with Gasteiger partial charge in [0.25, 0.3) is 0 Å². The summed E-state index contributed by atoms with van der Waals surface area (Å²) in [7, 11) is 2.14. The summed E-state index contributed by atoms with van der Waals surface area (Å²) < 4.78 is 0. The number of carboxylic acids is 1. The van der Waals surface area contributed by atoms with Crippen molar-refractivity contribution in [3.8, 4) is 0 Å². The Morgan fingerprint density at radius 2 is 1.88 bits per heavy atom. The highest BCUT2D eigenvalue weighted by Crippen LogP contribution is 2.27. The van der Waals surface area contributed by atoms with Gasteiger partial charge in [-0.05, 0) is 43.4 Å². The molecule has 0 aromatic heterocycles. The maximum absolute atomic E-state index is 11.0. The number of likely N-dealkylation sites (N-methyl/N-ethyl adjacent to an activating group) is 1. The van der Waals surface area contributed by atoms with Gasteiger partial charge in [-0.25, -0.2) is 4.79 Å². The van der Waals surface area contributed by atoms with Gasteiger partial charge in [0.05, 0.1) is 16.9 Å². The van der Waals surface area contributed by atoms with Gasteiger partial charge in [0, 0.05) is 37.6 Å². The molecule has 0 spiro atoms. The molecule has 126 valence electrons. The Kier molecular flexibility index (Phi) is 4.57. The first-order valence-electron chi connectivity index (χ1n) is 7.96. The third-order valence-corrected chi connectivity index (χ3v) is 4.29. The molecule has 24 heavy (non-hydrogen) atoms. The van der Waals surface area contributed by atoms with E-state index in [0.717, 1.165) is 31.9 Å². The van der Waals surface area contributed by atoms with Crippen molar-refractivity contribution >= 4 is 28.7 Å². The summed E-state index contributed by atoms with van der Waals surface area (Å²) in [5.41, 5.74) is 9.37. The number of aromatic carboxylic acids is 1. The van der Waals surface area contributed by atoms with E-state index in [-0.39, 0.29) is 5.56 Å². The fourth-order valence-corrected chi connectivity index (χ4v) is 2.81. The number of piperazine rings is 1. The third-order valence-electron chi connectivity index (χ3n) is 4.29. The molecule has 1 saturated heterocycles. The zero-order valence-electron chi connectivity index (χ0n) is 13.7. The van der Waals surface area contributed by atoms with E-state index in [4.69, 9.17) is 10.8 Å². The first-order valence-corrected chi connectivity index (χ1v) is 7.96. The number of carbonyl (C=O) groups is 1. The van der Waals surface area contributed by atoms with Crippen LogP contribution in [0.2, 0.25) is 0 Å². The molecule has 0 radical (unpaired) electrons. The Morgan fingerprint density at radius 1 is 1.12 bits per heavy atom. The molecule has 0 bridgehead atoms. The lowest BCUT2D eigenvalue weighted by molar-refractivity contribution is 0.0697. The van der Waals surface area contributed by atoms with E-state index in [0.29, 0.717) is 11.4 Å². The van der Waals surface area contributed by atoms with Gasteiger partial charge in [0.1, 0.15) is 0 Å². The van der Waals surface area contributed by atoms with Gasteiger partial charge in [-0.2, -0.15) is 0 Å². The normalized spacial score (nSPS) is 15.3. The number of hydrogen-bond acceptors (Lipinski definition) is 5. The fraction of sp³-hybridized carbons (Fsp3) is 0.278. The zero-order valence-corrected chi connectivity index (χ0v) is 13.7. The summed E-state index contributed by atoms with van der Waals surface area (Å²) in [4.78, 5) is 15.7. The minimum atomic E-state index is -0.981. The molecule has 2 aromatic rings. The summed E-state index contributed by atoms with van der Waals surface area (Å²) in [6.07, 6.45) is 0. The lowest BCUT2D eigenvalue weighted by Gasteiger charge is -2.34. The summed E-state index contributed by atoms with van der Waals surface area (Å²) in [5, 5.41) is 12.3. The van der Waals surface area contributed by atoms with Crippen LogP contribution in [0.4, 0.5) is 22.7 Å². The molecule has 0 amide bonds. The number of hydrogen-bond donors (Lipinski definition) is 3. The zero-order chi connectivity index (χ0) is 17.1. The van der Waals surface area contributed by atoms with Crippen molar-refractivity contribution in [3.63, 3.8) is 0 Å². The summed E-state index contributed by atoms with van der Waals surface area (Å²) in [5.74, 6) is -0.981. The van der Waals surface area contributed by atoms with Gasteiger partial charge >= 0.3 is 5.97 Å². The molecule has 1 heterocycles. The van der Waals surface area contributed by atoms with Gasteiger partial charge in [0.15, 0.2) is 0 Å². The van der Waals surface area contributed by atoms with Crippen LogP contribution >= 0.6 is 0 Å². The van der Waals surface area contributed by atoms with E-state index < -0.39 is 5.97 Å². The van der Waals surface area contributed by atoms with Crippen LogP contribution in [0.1, 0.15) is 10.4 Å². The standard InChI is InChI=1S/C18H22N4O2/c1-21-7-9-22(10-8-21)15-4-2-3-14(12-15)20-17-6-5-13(18(23)24)11-16(17)19/h2-6,11-12,20H,7-10,19H2,1H3,(H,23,24). The van der Waals surface area contributed by atoms with Crippen molar-refractivity contribution in [2.24, 2.45) is 0 Å². The number of benzene rings is 2. The van der Waals surface area contributed by atoms with E-state index in [1.807, 2.05) is 12.1 Å². The van der Waals surface area contributed by atoms with Crippen molar-refractivity contribution in [2.75, 3.05) is 49.2 Å². The maximum Gasteiger partial charge on any atom is 0.335 e. The van der Waals surface area contributed by atoms with Crippen LogP contribution in [-0.4, -0.2) is 49.2 Å². The quantitative estimate of drug-likeness (QED) is 0.749. The molecule has 1 aliphatic heterocycles. The summed E-state index contributed by atoms with van der Waals surface area (Å²) in [6.45, 7) is 4.13. The Labute approximate surface area is 141 Å². The highest BCUT2D eigenvalue weighted by Gasteiger charge is 2.14. The van der Waals surface area contributed by atoms with Crippen LogP contribution < -0.4 is 16.0 Å². The molecule has 2 aromatic carbocycles. The highest BCUT2D eigenvalue weighted by molar-refractivity contribution is 5.91. The lowest BCUT2D eigenvalue weighted by atomic mass is 10.1. The highest BCUT2D eigenvalue weighted by atomic mass is 16.4. The van der Waals surface area contributed by atoms with Crippen LogP contribution in [0.15, 0.2) is 42.5 Å². The van der Waals surface area contributed by atoms with Crippen molar-refractivity contribution in [3.05, 3.63) is 48.0 Å². The molecular weight excluding hydrogens is 304 g/mol. The maximum atomic E-state index is 11.0. The molecule has 4 N–H and O–H groups in total. The van der Waals surface area contributed by atoms with Crippen molar-refractivity contribution in [1.82, 2.24) is 4.90 Å². The first kappa shape index (κ1) is 16.1. The Hall–Kier alpha value is -2.73. The minimum Gasteiger partial charge on any atom is -0.478 e. The largest absolute Gasteiger partial charge is 0.478 e. The molecule has 0 saturated carbocycles. The second-order valence-electron chi connectivity index (χ2n) is 6.07. The Balaban J connectivity index is 1.76. The number of anilines is 4. The second kappa shape index (κ2) is 6.80. The number of nitrogen functional groups attached to an aromatic ring is 1. The minimum absolute atomic E-state index is 0.184. The van der Waals surface area contributed by atoms with Gasteiger partial charge in [-0.1, -0.05) is 6.07 Å². The van der Waals surface area contributed by atoms with E-state index in [1.165, 1.54) is 11.8 Å². The molecule has 0 aliphatic carbocycles. The van der Waals surface area contributed by atoms with E-state index in [2.05, 4.69) is 34.3 Å². The molecule has 6 nitrogen and oxygen atoms in total. The van der Waals surface area contributed by atoms with Crippen LogP contribution in [0.5, 0.6) is 0 Å². The van der Waals surface area contributed by atoms with E-state index >= 15 is 0 Å². The molecule has 1 aliphatic rings. The van der Waals surface area contributed by atoms with Gasteiger partial charge < -0.3 is 26.0 Å². The van der Waals surface area contributed by atoms with E-state index in [1.54, 1.807) is 12.1 Å². The monoisotopic (exact) mass is 326 g/mol. The van der Waals surface area contributed by atoms with E-state index in [9.17, 15) is 4.79 Å². The number of carboxylic acid groups (broad SMARTS) is 1. The Bertz CT molecular complexity index is 740. The predicted molar refractivity (Wildman–Crippen MR) is 97.2 cm³/mol. The molecule has 3 rings (SSSR count). The van der Waals surface area contributed by atoms with Gasteiger partial charge in [0.2, 0.25) is 0 Å². The topological polar surface area (TPSA) is 81.8 Å². The number of nitrogens with two attached hydrogens (primary N) is 1. The summed E-state index contributed by atoms with van der Waals surface area (Å²) >= 11 is 0. The molecular formula is C18H22N4O2. The van der Waals surface area contributed by atoms with Gasteiger partial charge in [-0.15, -0.1) is 0 Å².